The van der Waals surface area contributed by atoms with E-state index in [9.17, 15) is 4.79 Å². The number of hydrogen-bond acceptors (Lipinski definition) is 3. The maximum atomic E-state index is 12.0. The number of nitrogens with two attached hydrogens (primary N) is 1. The van der Waals surface area contributed by atoms with Crippen LogP contribution in [0.1, 0.15) is 15.9 Å². The summed E-state index contributed by atoms with van der Waals surface area (Å²) in [6, 6.07) is 13.6. The molecule has 5 heteroatoms. The molecule has 4 nitrogen and oxygen atoms in total. The van der Waals surface area contributed by atoms with E-state index >= 15 is 0 Å². The standard InChI is InChI=1S/C14H10BrN3O/c15-12-6-5-11(17)7-13(12)18-14(19)10-3-1-9(8-16)2-4-10/h1-7H,17H2,(H,18,19). The van der Waals surface area contributed by atoms with E-state index in [4.69, 9.17) is 11.0 Å². The molecule has 3 N–H and O–H groups in total. The fourth-order valence-corrected chi connectivity index (χ4v) is 1.88. The smallest absolute Gasteiger partial charge is 0.255 e. The van der Waals surface area contributed by atoms with E-state index in [1.54, 1.807) is 42.5 Å². The Bertz CT molecular complexity index is 659. The van der Waals surface area contributed by atoms with Crippen molar-refractivity contribution in [3.05, 3.63) is 58.1 Å². The van der Waals surface area contributed by atoms with Gasteiger partial charge in [0.15, 0.2) is 0 Å². The minimum Gasteiger partial charge on any atom is -0.399 e. The monoisotopic (exact) mass is 315 g/mol. The van der Waals surface area contributed by atoms with E-state index in [2.05, 4.69) is 21.2 Å². The molecule has 0 aliphatic rings. The van der Waals surface area contributed by atoms with Crippen molar-refractivity contribution in [3.8, 4) is 6.07 Å². The van der Waals surface area contributed by atoms with Crippen LogP contribution in [0.4, 0.5) is 11.4 Å². The molecule has 0 aliphatic heterocycles. The third-order valence-corrected chi connectivity index (χ3v) is 3.21. The molecule has 2 aromatic rings. The van der Waals surface area contributed by atoms with Crippen LogP contribution < -0.4 is 11.1 Å². The number of nitrogens with zero attached hydrogens (tertiary/aromatic N) is 1. The van der Waals surface area contributed by atoms with Crippen molar-refractivity contribution in [2.75, 3.05) is 11.1 Å². The molecule has 0 aliphatic carbocycles. The van der Waals surface area contributed by atoms with Crippen molar-refractivity contribution in [3.63, 3.8) is 0 Å². The van der Waals surface area contributed by atoms with Gasteiger partial charge in [0.2, 0.25) is 0 Å². The third-order valence-electron chi connectivity index (χ3n) is 2.51. The van der Waals surface area contributed by atoms with Gasteiger partial charge >= 0.3 is 0 Å². The number of rotatable bonds is 2. The lowest BCUT2D eigenvalue weighted by Crippen LogP contribution is -2.12. The van der Waals surface area contributed by atoms with Gasteiger partial charge in [0.05, 0.1) is 17.3 Å². The highest BCUT2D eigenvalue weighted by molar-refractivity contribution is 9.10. The Morgan fingerprint density at radius 1 is 1.21 bits per heavy atom. The first-order valence-electron chi connectivity index (χ1n) is 5.46. The maximum absolute atomic E-state index is 12.0. The molecule has 0 aromatic heterocycles. The molecule has 19 heavy (non-hydrogen) atoms. The van der Waals surface area contributed by atoms with Gasteiger partial charge in [-0.2, -0.15) is 5.26 Å². The zero-order valence-electron chi connectivity index (χ0n) is 9.85. The third kappa shape index (κ3) is 3.12. The minimum absolute atomic E-state index is 0.254. The average molecular weight is 316 g/mol. The van der Waals surface area contributed by atoms with Gasteiger partial charge in [-0.05, 0) is 58.4 Å². The van der Waals surface area contributed by atoms with Gasteiger partial charge < -0.3 is 11.1 Å². The normalized spacial score (nSPS) is 9.68. The van der Waals surface area contributed by atoms with Crippen LogP contribution in [0.15, 0.2) is 46.9 Å². The number of halogens is 1. The van der Waals surface area contributed by atoms with Crippen molar-refractivity contribution in [2.45, 2.75) is 0 Å². The van der Waals surface area contributed by atoms with Crippen LogP contribution in [0.25, 0.3) is 0 Å². The second-order valence-electron chi connectivity index (χ2n) is 3.88. The van der Waals surface area contributed by atoms with Gasteiger partial charge in [0.1, 0.15) is 0 Å². The van der Waals surface area contributed by atoms with E-state index < -0.39 is 0 Å². The highest BCUT2D eigenvalue weighted by atomic mass is 79.9. The Hall–Kier alpha value is -2.32. The number of nitrogens with one attached hydrogen (secondary N) is 1. The number of benzene rings is 2. The van der Waals surface area contributed by atoms with E-state index in [-0.39, 0.29) is 5.91 Å². The molecule has 0 fully saturated rings. The number of carbonyl (C=O) groups is 1. The summed E-state index contributed by atoms with van der Waals surface area (Å²) in [5.74, 6) is -0.254. The molecule has 2 aromatic carbocycles. The second-order valence-corrected chi connectivity index (χ2v) is 4.74. The lowest BCUT2D eigenvalue weighted by Gasteiger charge is -2.08. The Morgan fingerprint density at radius 3 is 2.53 bits per heavy atom. The largest absolute Gasteiger partial charge is 0.399 e. The van der Waals surface area contributed by atoms with Gasteiger partial charge in [-0.15, -0.1) is 0 Å². The summed E-state index contributed by atoms with van der Waals surface area (Å²) >= 11 is 3.34. The van der Waals surface area contributed by atoms with E-state index in [0.29, 0.717) is 22.5 Å². The topological polar surface area (TPSA) is 78.9 Å². The highest BCUT2D eigenvalue weighted by Crippen LogP contribution is 2.25. The van der Waals surface area contributed by atoms with Gasteiger partial charge in [-0.3, -0.25) is 4.79 Å². The number of carbonyl (C=O) groups excluding carboxylic acids is 1. The minimum atomic E-state index is -0.254. The predicted molar refractivity (Wildman–Crippen MR) is 77.7 cm³/mol. The molecule has 1 amide bonds. The molecule has 0 heterocycles. The van der Waals surface area contributed by atoms with Crippen LogP contribution in [0.5, 0.6) is 0 Å². The van der Waals surface area contributed by atoms with Crippen LogP contribution in [0, 0.1) is 11.3 Å². The molecule has 0 spiro atoms. The first-order valence-corrected chi connectivity index (χ1v) is 6.26. The lowest BCUT2D eigenvalue weighted by molar-refractivity contribution is 0.102. The van der Waals surface area contributed by atoms with E-state index in [1.165, 1.54) is 0 Å². The molecule has 0 saturated heterocycles. The van der Waals surface area contributed by atoms with Gasteiger partial charge in [0.25, 0.3) is 5.91 Å². The summed E-state index contributed by atoms with van der Waals surface area (Å²) in [7, 11) is 0. The molecular formula is C14H10BrN3O. The number of nitriles is 1. The SMILES string of the molecule is N#Cc1ccc(C(=O)Nc2cc(N)ccc2Br)cc1. The summed E-state index contributed by atoms with van der Waals surface area (Å²) in [6.45, 7) is 0. The molecule has 0 atom stereocenters. The van der Waals surface area contributed by atoms with Gasteiger partial charge in [0, 0.05) is 15.7 Å². The second kappa shape index (κ2) is 5.55. The van der Waals surface area contributed by atoms with Crippen LogP contribution >= 0.6 is 15.9 Å². The van der Waals surface area contributed by atoms with Crippen LogP contribution in [-0.2, 0) is 0 Å². The van der Waals surface area contributed by atoms with Crippen molar-refractivity contribution in [1.82, 2.24) is 0 Å². The van der Waals surface area contributed by atoms with Crippen molar-refractivity contribution in [1.29, 1.82) is 5.26 Å². The van der Waals surface area contributed by atoms with E-state index in [0.717, 1.165) is 4.47 Å². The zero-order chi connectivity index (χ0) is 13.8. The molecular weight excluding hydrogens is 306 g/mol. The average Bonchev–Trinajstić information content (AvgIpc) is 2.43. The molecule has 0 radical (unpaired) electrons. The zero-order valence-corrected chi connectivity index (χ0v) is 11.4. The first kappa shape index (κ1) is 13.1. The summed E-state index contributed by atoms with van der Waals surface area (Å²) in [6.07, 6.45) is 0. The number of amides is 1. The summed E-state index contributed by atoms with van der Waals surface area (Å²) < 4.78 is 0.753. The maximum Gasteiger partial charge on any atom is 0.255 e. The summed E-state index contributed by atoms with van der Waals surface area (Å²) in [5.41, 5.74) is 7.84. The Balaban J connectivity index is 2.21. The Labute approximate surface area is 119 Å². The fourth-order valence-electron chi connectivity index (χ4n) is 1.53. The summed E-state index contributed by atoms with van der Waals surface area (Å²) in [4.78, 5) is 12.0. The van der Waals surface area contributed by atoms with Crippen molar-refractivity contribution >= 4 is 33.2 Å². The quantitative estimate of drug-likeness (QED) is 0.835. The Kier molecular flexibility index (Phi) is 3.83. The van der Waals surface area contributed by atoms with Crippen LogP contribution in [-0.4, -0.2) is 5.91 Å². The van der Waals surface area contributed by atoms with Crippen LogP contribution in [0.2, 0.25) is 0 Å². The number of anilines is 2. The summed E-state index contributed by atoms with van der Waals surface area (Å²) in [5, 5.41) is 11.5. The molecule has 0 unspecified atom stereocenters. The van der Waals surface area contributed by atoms with E-state index in [1.807, 2.05) is 6.07 Å². The van der Waals surface area contributed by atoms with Crippen molar-refractivity contribution in [2.24, 2.45) is 0 Å². The number of nitrogen functional groups attached to an aromatic ring is 1. The fraction of sp³-hybridized carbons (Fsp3) is 0. The molecule has 94 valence electrons. The van der Waals surface area contributed by atoms with Gasteiger partial charge in [-0.25, -0.2) is 0 Å². The van der Waals surface area contributed by atoms with Crippen molar-refractivity contribution < 1.29 is 4.79 Å². The molecule has 2 rings (SSSR count). The molecule has 0 bridgehead atoms. The van der Waals surface area contributed by atoms with Gasteiger partial charge in [-0.1, -0.05) is 0 Å². The lowest BCUT2D eigenvalue weighted by atomic mass is 10.1. The predicted octanol–water partition coefficient (Wildman–Crippen LogP) is 3.16. The molecule has 0 saturated carbocycles. The Morgan fingerprint density at radius 2 is 1.89 bits per heavy atom. The van der Waals surface area contributed by atoms with Crippen LogP contribution in [0.3, 0.4) is 0 Å². The number of hydrogen-bond donors (Lipinski definition) is 2. The first-order chi connectivity index (χ1) is 9.10. The highest BCUT2D eigenvalue weighted by Gasteiger charge is 2.08.